The summed E-state index contributed by atoms with van der Waals surface area (Å²) in [6.45, 7) is 0.940. The average Bonchev–Trinajstić information content (AvgIpc) is 3.53. The van der Waals surface area contributed by atoms with Gasteiger partial charge in [-0.15, -0.1) is 0 Å². The van der Waals surface area contributed by atoms with E-state index in [1.807, 2.05) is 30.7 Å². The standard InChI is InChI=1S/C33H27N3O2/c37-31-29-18-10-11-19-30(29)32(38)36(31)21-20-28-22-35(24-34-28)23-33(25-12-4-1-5-13-25,26-14-6-2-7-15-26)27-16-8-3-9-17-27/h1-19,22,24H,20-21,23H2. The molecule has 0 atom stereocenters. The molecule has 5 heteroatoms. The van der Waals surface area contributed by atoms with Crippen LogP contribution in [-0.4, -0.2) is 32.8 Å². The Bertz CT molecular complexity index is 1450. The first-order chi connectivity index (χ1) is 18.7. The van der Waals surface area contributed by atoms with Crippen LogP contribution in [0.2, 0.25) is 0 Å². The number of benzene rings is 4. The van der Waals surface area contributed by atoms with Crippen LogP contribution in [-0.2, 0) is 18.4 Å². The minimum absolute atomic E-state index is 0.235. The number of fused-ring (bicyclic) bond motifs is 1. The molecule has 6 rings (SSSR count). The molecule has 0 aliphatic carbocycles. The van der Waals surface area contributed by atoms with Gasteiger partial charge in [0.15, 0.2) is 0 Å². The number of amides is 2. The number of hydrogen-bond donors (Lipinski definition) is 0. The maximum Gasteiger partial charge on any atom is 0.261 e. The topological polar surface area (TPSA) is 55.2 Å². The third-order valence-corrected chi connectivity index (χ3v) is 7.38. The number of rotatable bonds is 8. The molecule has 38 heavy (non-hydrogen) atoms. The van der Waals surface area contributed by atoms with Crippen LogP contribution >= 0.6 is 0 Å². The lowest BCUT2D eigenvalue weighted by Crippen LogP contribution is -2.34. The van der Waals surface area contributed by atoms with Crippen LogP contribution in [0.4, 0.5) is 0 Å². The molecule has 1 aromatic heterocycles. The van der Waals surface area contributed by atoms with Gasteiger partial charge >= 0.3 is 0 Å². The van der Waals surface area contributed by atoms with Crippen LogP contribution in [0.3, 0.4) is 0 Å². The predicted octanol–water partition coefficient (Wildman–Crippen LogP) is 5.76. The van der Waals surface area contributed by atoms with E-state index in [0.29, 0.717) is 30.6 Å². The van der Waals surface area contributed by atoms with E-state index in [1.165, 1.54) is 21.6 Å². The molecule has 0 N–H and O–H groups in total. The zero-order valence-electron chi connectivity index (χ0n) is 20.9. The summed E-state index contributed by atoms with van der Waals surface area (Å²) in [5.41, 5.74) is 4.92. The van der Waals surface area contributed by atoms with Gasteiger partial charge in [0.1, 0.15) is 0 Å². The molecular weight excluding hydrogens is 470 g/mol. The number of imide groups is 1. The summed E-state index contributed by atoms with van der Waals surface area (Å²) in [6, 6.07) is 38.7. The second-order valence-corrected chi connectivity index (χ2v) is 9.60. The molecule has 5 aromatic rings. The van der Waals surface area contributed by atoms with Crippen molar-refractivity contribution in [1.29, 1.82) is 0 Å². The third-order valence-electron chi connectivity index (χ3n) is 7.38. The number of aromatic nitrogens is 2. The maximum atomic E-state index is 12.8. The Hall–Kier alpha value is -4.77. The van der Waals surface area contributed by atoms with E-state index in [2.05, 4.69) is 82.3 Å². The van der Waals surface area contributed by atoms with Gasteiger partial charge in [-0.3, -0.25) is 14.5 Å². The molecule has 1 aliphatic rings. The fourth-order valence-corrected chi connectivity index (χ4v) is 5.51. The van der Waals surface area contributed by atoms with Crippen LogP contribution in [0.5, 0.6) is 0 Å². The molecule has 1 aliphatic heterocycles. The first kappa shape index (κ1) is 23.6. The summed E-state index contributed by atoms with van der Waals surface area (Å²) in [5.74, 6) is -0.470. The van der Waals surface area contributed by atoms with Gasteiger partial charge in [-0.2, -0.15) is 0 Å². The van der Waals surface area contributed by atoms with Gasteiger partial charge < -0.3 is 4.57 Å². The van der Waals surface area contributed by atoms with Crippen molar-refractivity contribution in [3.05, 3.63) is 161 Å². The van der Waals surface area contributed by atoms with Gasteiger partial charge in [0, 0.05) is 25.7 Å². The second kappa shape index (κ2) is 9.94. The first-order valence-electron chi connectivity index (χ1n) is 12.8. The highest BCUT2D eigenvalue weighted by Gasteiger charge is 2.37. The highest BCUT2D eigenvalue weighted by Crippen LogP contribution is 2.40. The number of carbonyl (C=O) groups is 2. The van der Waals surface area contributed by atoms with E-state index in [4.69, 9.17) is 0 Å². The molecule has 2 amide bonds. The Morgan fingerprint density at radius 3 is 1.53 bits per heavy atom. The number of hydrogen-bond acceptors (Lipinski definition) is 3. The maximum absolute atomic E-state index is 12.8. The van der Waals surface area contributed by atoms with Gasteiger partial charge in [0.2, 0.25) is 0 Å². The molecule has 0 radical (unpaired) electrons. The normalized spacial score (nSPS) is 13.1. The molecule has 2 heterocycles. The van der Waals surface area contributed by atoms with Crippen molar-refractivity contribution in [1.82, 2.24) is 14.5 Å². The monoisotopic (exact) mass is 497 g/mol. The number of imidazole rings is 1. The van der Waals surface area contributed by atoms with E-state index in [1.54, 1.807) is 24.3 Å². The second-order valence-electron chi connectivity index (χ2n) is 9.60. The van der Waals surface area contributed by atoms with Gasteiger partial charge in [-0.25, -0.2) is 4.98 Å². The fourth-order valence-electron chi connectivity index (χ4n) is 5.51. The molecular formula is C33H27N3O2. The first-order valence-corrected chi connectivity index (χ1v) is 12.8. The minimum Gasteiger partial charge on any atom is -0.336 e. The van der Waals surface area contributed by atoms with Crippen LogP contribution < -0.4 is 0 Å². The van der Waals surface area contributed by atoms with Crippen LogP contribution in [0.1, 0.15) is 43.1 Å². The van der Waals surface area contributed by atoms with E-state index in [9.17, 15) is 9.59 Å². The Morgan fingerprint density at radius 1 is 0.605 bits per heavy atom. The van der Waals surface area contributed by atoms with E-state index in [0.717, 1.165) is 5.69 Å². The number of nitrogens with zero attached hydrogens (tertiary/aromatic N) is 3. The highest BCUT2D eigenvalue weighted by molar-refractivity contribution is 6.21. The lowest BCUT2D eigenvalue weighted by Gasteiger charge is -2.36. The van der Waals surface area contributed by atoms with Crippen molar-refractivity contribution in [3.63, 3.8) is 0 Å². The van der Waals surface area contributed by atoms with Crippen molar-refractivity contribution >= 4 is 11.8 Å². The van der Waals surface area contributed by atoms with Crippen molar-refractivity contribution < 1.29 is 9.59 Å². The van der Waals surface area contributed by atoms with Gasteiger partial charge in [0.25, 0.3) is 11.8 Å². The van der Waals surface area contributed by atoms with Crippen molar-refractivity contribution in [2.24, 2.45) is 0 Å². The van der Waals surface area contributed by atoms with Crippen LogP contribution in [0.25, 0.3) is 0 Å². The molecule has 0 bridgehead atoms. The Kier molecular flexibility index (Phi) is 6.18. The molecule has 4 aromatic carbocycles. The minimum atomic E-state index is -0.440. The van der Waals surface area contributed by atoms with Crippen molar-refractivity contribution in [2.75, 3.05) is 6.54 Å². The molecule has 0 saturated carbocycles. The van der Waals surface area contributed by atoms with Gasteiger partial charge in [-0.1, -0.05) is 103 Å². The summed E-state index contributed by atoms with van der Waals surface area (Å²) < 4.78 is 2.12. The summed E-state index contributed by atoms with van der Waals surface area (Å²) in [6.07, 6.45) is 4.37. The molecule has 0 spiro atoms. The van der Waals surface area contributed by atoms with Crippen molar-refractivity contribution in [3.8, 4) is 0 Å². The van der Waals surface area contributed by atoms with E-state index >= 15 is 0 Å². The molecule has 186 valence electrons. The van der Waals surface area contributed by atoms with Crippen LogP contribution in [0, 0.1) is 0 Å². The largest absolute Gasteiger partial charge is 0.336 e. The SMILES string of the molecule is O=C1c2ccccc2C(=O)N1CCc1cn(CC(c2ccccc2)(c2ccccc2)c2ccccc2)cn1. The third kappa shape index (κ3) is 4.12. The lowest BCUT2D eigenvalue weighted by molar-refractivity contribution is 0.0656. The smallest absolute Gasteiger partial charge is 0.261 e. The Morgan fingerprint density at radius 2 is 1.05 bits per heavy atom. The Balaban J connectivity index is 1.31. The lowest BCUT2D eigenvalue weighted by atomic mass is 9.69. The quantitative estimate of drug-likeness (QED) is 0.202. The van der Waals surface area contributed by atoms with Gasteiger partial charge in [-0.05, 0) is 28.8 Å². The van der Waals surface area contributed by atoms with Crippen molar-refractivity contribution in [2.45, 2.75) is 18.4 Å². The summed E-state index contributed by atoms with van der Waals surface area (Å²) in [7, 11) is 0. The van der Waals surface area contributed by atoms with Crippen LogP contribution in [0.15, 0.2) is 128 Å². The average molecular weight is 498 g/mol. The van der Waals surface area contributed by atoms with E-state index < -0.39 is 5.41 Å². The van der Waals surface area contributed by atoms with E-state index in [-0.39, 0.29) is 11.8 Å². The molecule has 5 nitrogen and oxygen atoms in total. The van der Waals surface area contributed by atoms with Gasteiger partial charge in [0.05, 0.1) is 28.6 Å². The fraction of sp³-hybridized carbons (Fsp3) is 0.121. The summed E-state index contributed by atoms with van der Waals surface area (Å²) >= 11 is 0. The number of carbonyl (C=O) groups excluding carboxylic acids is 2. The molecule has 0 unspecified atom stereocenters. The Labute approximate surface area is 222 Å². The molecule has 0 saturated heterocycles. The summed E-state index contributed by atoms with van der Waals surface area (Å²) in [5, 5.41) is 0. The zero-order chi connectivity index (χ0) is 26.0. The highest BCUT2D eigenvalue weighted by atomic mass is 16.2. The zero-order valence-corrected chi connectivity index (χ0v) is 20.9. The summed E-state index contributed by atoms with van der Waals surface area (Å²) in [4.78, 5) is 31.5. The molecule has 0 fully saturated rings. The predicted molar refractivity (Wildman–Crippen MR) is 147 cm³/mol.